The van der Waals surface area contributed by atoms with Crippen LogP contribution in [0.15, 0.2) is 28.4 Å². The Hall–Kier alpha value is -2.15. The van der Waals surface area contributed by atoms with E-state index < -0.39 is 0 Å². The van der Waals surface area contributed by atoms with Gasteiger partial charge in [-0.2, -0.15) is 0 Å². The van der Waals surface area contributed by atoms with E-state index in [9.17, 15) is 9.59 Å². The van der Waals surface area contributed by atoms with Crippen molar-refractivity contribution in [2.45, 2.75) is 13.5 Å². The molecule has 0 saturated carbocycles. The maximum atomic E-state index is 11.9. The number of hydrogen-bond acceptors (Lipinski definition) is 5. The Morgan fingerprint density at radius 3 is 3.00 bits per heavy atom. The number of thiazole rings is 1. The van der Waals surface area contributed by atoms with Gasteiger partial charge in [-0.05, 0) is 19.1 Å². The van der Waals surface area contributed by atoms with Crippen LogP contribution in [0.5, 0.6) is 0 Å². The molecule has 2 rings (SSSR count). The molecule has 0 aliphatic rings. The van der Waals surface area contributed by atoms with Crippen molar-refractivity contribution in [3.63, 3.8) is 0 Å². The fraction of sp³-hybridized carbons (Fsp3) is 0.250. The number of carbonyl (C=O) groups excluding carboxylic acids is 1. The Kier molecular flexibility index (Phi) is 4.30. The van der Waals surface area contributed by atoms with Crippen molar-refractivity contribution in [3.05, 3.63) is 44.6 Å². The van der Waals surface area contributed by atoms with Crippen molar-refractivity contribution in [3.8, 4) is 0 Å². The lowest BCUT2D eigenvalue weighted by Gasteiger charge is -2.06. The second-order valence-corrected chi connectivity index (χ2v) is 4.64. The normalized spacial score (nSPS) is 10.2. The summed E-state index contributed by atoms with van der Waals surface area (Å²) < 4.78 is 0. The van der Waals surface area contributed by atoms with Gasteiger partial charge in [0, 0.05) is 17.6 Å². The van der Waals surface area contributed by atoms with E-state index in [2.05, 4.69) is 20.6 Å². The molecule has 0 aliphatic heterocycles. The fourth-order valence-electron chi connectivity index (χ4n) is 1.51. The van der Waals surface area contributed by atoms with Gasteiger partial charge < -0.3 is 15.6 Å². The predicted molar refractivity (Wildman–Crippen MR) is 74.5 cm³/mol. The molecule has 19 heavy (non-hydrogen) atoms. The summed E-state index contributed by atoms with van der Waals surface area (Å²) in [6, 6.07) is 5.22. The zero-order chi connectivity index (χ0) is 13.7. The van der Waals surface area contributed by atoms with Gasteiger partial charge in [-0.3, -0.25) is 9.59 Å². The number of anilines is 1. The van der Waals surface area contributed by atoms with Crippen LogP contribution in [-0.4, -0.2) is 22.4 Å². The number of pyridine rings is 1. The van der Waals surface area contributed by atoms with Crippen LogP contribution in [0.2, 0.25) is 0 Å². The number of hydrogen-bond donors (Lipinski definition) is 3. The van der Waals surface area contributed by atoms with Gasteiger partial charge in [-0.15, -0.1) is 0 Å². The molecule has 7 heteroatoms. The molecule has 0 bridgehead atoms. The van der Waals surface area contributed by atoms with Gasteiger partial charge in [0.25, 0.3) is 5.91 Å². The van der Waals surface area contributed by atoms with Crippen LogP contribution in [0.4, 0.5) is 5.82 Å². The number of rotatable bonds is 5. The van der Waals surface area contributed by atoms with Crippen molar-refractivity contribution in [2.75, 3.05) is 11.9 Å². The van der Waals surface area contributed by atoms with E-state index in [0.29, 0.717) is 17.2 Å². The average molecular weight is 278 g/mol. The lowest BCUT2D eigenvalue weighted by Crippen LogP contribution is -2.24. The van der Waals surface area contributed by atoms with Gasteiger partial charge in [0.15, 0.2) is 0 Å². The highest BCUT2D eigenvalue weighted by molar-refractivity contribution is 7.07. The molecule has 0 aliphatic carbocycles. The first kappa shape index (κ1) is 13.3. The quantitative estimate of drug-likeness (QED) is 0.767. The van der Waals surface area contributed by atoms with Crippen LogP contribution in [0.1, 0.15) is 23.1 Å². The molecule has 2 aromatic heterocycles. The van der Waals surface area contributed by atoms with E-state index in [1.807, 2.05) is 6.92 Å². The molecule has 0 spiro atoms. The van der Waals surface area contributed by atoms with E-state index in [4.69, 9.17) is 0 Å². The van der Waals surface area contributed by atoms with Crippen LogP contribution in [0, 0.1) is 0 Å². The summed E-state index contributed by atoms with van der Waals surface area (Å²) in [7, 11) is 0. The van der Waals surface area contributed by atoms with E-state index in [1.54, 1.807) is 23.6 Å². The molecule has 1 amide bonds. The van der Waals surface area contributed by atoms with Crippen LogP contribution in [0.3, 0.4) is 0 Å². The Bertz CT molecular complexity index is 620. The summed E-state index contributed by atoms with van der Waals surface area (Å²) in [5.41, 5.74) is 1.03. The lowest BCUT2D eigenvalue weighted by atomic mass is 10.3. The third-order valence-corrected chi connectivity index (χ3v) is 3.07. The minimum Gasteiger partial charge on any atom is -0.370 e. The van der Waals surface area contributed by atoms with Gasteiger partial charge >= 0.3 is 4.87 Å². The van der Waals surface area contributed by atoms with E-state index in [-0.39, 0.29) is 17.3 Å². The molecule has 0 saturated heterocycles. The first-order valence-electron chi connectivity index (χ1n) is 5.85. The minimum absolute atomic E-state index is 0.128. The van der Waals surface area contributed by atoms with Gasteiger partial charge in [-0.25, -0.2) is 4.98 Å². The fourth-order valence-corrected chi connectivity index (χ4v) is 2.09. The highest BCUT2D eigenvalue weighted by Gasteiger charge is 2.08. The number of nitrogens with zero attached hydrogens (tertiary/aromatic N) is 1. The van der Waals surface area contributed by atoms with Gasteiger partial charge in [0.1, 0.15) is 11.5 Å². The highest BCUT2D eigenvalue weighted by atomic mass is 32.1. The molecule has 0 unspecified atom stereocenters. The molecule has 2 aromatic rings. The van der Waals surface area contributed by atoms with Crippen molar-refractivity contribution in [2.24, 2.45) is 0 Å². The number of aromatic amines is 1. The molecule has 100 valence electrons. The zero-order valence-corrected chi connectivity index (χ0v) is 11.2. The molecule has 3 N–H and O–H groups in total. The smallest absolute Gasteiger partial charge is 0.304 e. The molecule has 0 fully saturated rings. The number of H-pyrrole nitrogens is 1. The second kappa shape index (κ2) is 6.14. The summed E-state index contributed by atoms with van der Waals surface area (Å²) in [5, 5.41) is 7.43. The van der Waals surface area contributed by atoms with E-state index >= 15 is 0 Å². The SMILES string of the molecule is CCNc1cccc(C(=O)NCc2csc(=O)[nH]2)n1. The first-order chi connectivity index (χ1) is 9.19. The maximum absolute atomic E-state index is 11.9. The first-order valence-corrected chi connectivity index (χ1v) is 6.73. The Morgan fingerprint density at radius 1 is 1.47 bits per heavy atom. The third-order valence-electron chi connectivity index (χ3n) is 2.35. The average Bonchev–Trinajstić information content (AvgIpc) is 2.82. The number of nitrogens with one attached hydrogen (secondary N) is 3. The van der Waals surface area contributed by atoms with Crippen molar-refractivity contribution >= 4 is 23.1 Å². The number of carbonyl (C=O) groups is 1. The van der Waals surface area contributed by atoms with Crippen LogP contribution in [0.25, 0.3) is 0 Å². The second-order valence-electron chi connectivity index (χ2n) is 3.79. The van der Waals surface area contributed by atoms with Crippen molar-refractivity contribution in [1.29, 1.82) is 0 Å². The van der Waals surface area contributed by atoms with Crippen LogP contribution < -0.4 is 15.5 Å². The van der Waals surface area contributed by atoms with Gasteiger partial charge in [0.2, 0.25) is 0 Å². The molecule has 0 atom stereocenters. The third kappa shape index (κ3) is 3.65. The topological polar surface area (TPSA) is 86.9 Å². The molecular formula is C12H14N4O2S. The number of amides is 1. The standard InChI is InChI=1S/C12H14N4O2S/c1-2-13-10-5-3-4-9(16-10)11(17)14-6-8-7-19-12(18)15-8/h3-5,7H,2,6H2,1H3,(H,13,16)(H,14,17)(H,15,18). The van der Waals surface area contributed by atoms with E-state index in [1.165, 1.54) is 0 Å². The van der Waals surface area contributed by atoms with E-state index in [0.717, 1.165) is 17.9 Å². The summed E-state index contributed by atoms with van der Waals surface area (Å²) in [5.74, 6) is 0.394. The Morgan fingerprint density at radius 2 is 2.32 bits per heavy atom. The minimum atomic E-state index is -0.271. The summed E-state index contributed by atoms with van der Waals surface area (Å²) in [6.07, 6.45) is 0. The van der Waals surface area contributed by atoms with Gasteiger partial charge in [0.05, 0.1) is 6.54 Å². The van der Waals surface area contributed by atoms with Crippen molar-refractivity contribution < 1.29 is 4.79 Å². The summed E-state index contributed by atoms with van der Waals surface area (Å²) in [4.78, 5) is 29.5. The summed E-state index contributed by atoms with van der Waals surface area (Å²) in [6.45, 7) is 2.99. The molecule has 0 aromatic carbocycles. The predicted octanol–water partition coefficient (Wildman–Crippen LogP) is 1.19. The lowest BCUT2D eigenvalue weighted by molar-refractivity contribution is 0.0945. The largest absolute Gasteiger partial charge is 0.370 e. The zero-order valence-electron chi connectivity index (χ0n) is 10.4. The van der Waals surface area contributed by atoms with Gasteiger partial charge in [-0.1, -0.05) is 17.4 Å². The van der Waals surface area contributed by atoms with Crippen molar-refractivity contribution in [1.82, 2.24) is 15.3 Å². The maximum Gasteiger partial charge on any atom is 0.304 e. The molecule has 0 radical (unpaired) electrons. The Labute approximate surface area is 113 Å². The van der Waals surface area contributed by atoms with Crippen LogP contribution in [-0.2, 0) is 6.54 Å². The molecule has 2 heterocycles. The van der Waals surface area contributed by atoms with Crippen LogP contribution >= 0.6 is 11.3 Å². The highest BCUT2D eigenvalue weighted by Crippen LogP contribution is 2.04. The number of aromatic nitrogens is 2. The Balaban J connectivity index is 1.99. The molecule has 6 nitrogen and oxygen atoms in total. The summed E-state index contributed by atoms with van der Waals surface area (Å²) >= 11 is 1.07. The molecular weight excluding hydrogens is 264 g/mol. The monoisotopic (exact) mass is 278 g/mol.